The molecule has 2 unspecified atom stereocenters. The third-order valence-electron chi connectivity index (χ3n) is 5.92. The fraction of sp³-hybridized carbons (Fsp3) is 0.370. The Morgan fingerprint density at radius 2 is 2.06 bits per heavy atom. The molecule has 0 aromatic carbocycles. The van der Waals surface area contributed by atoms with E-state index in [2.05, 4.69) is 66.0 Å². The summed E-state index contributed by atoms with van der Waals surface area (Å²) < 4.78 is 1.87. The number of nitrogens with one attached hydrogen (secondary N) is 2. The van der Waals surface area contributed by atoms with Gasteiger partial charge in [-0.05, 0) is 50.0 Å². The van der Waals surface area contributed by atoms with E-state index in [0.29, 0.717) is 11.2 Å². The Balaban J connectivity index is 2.01. The third-order valence-corrected chi connectivity index (χ3v) is 7.16. The molecule has 0 fully saturated rings. The molecule has 3 heterocycles. The van der Waals surface area contributed by atoms with Crippen molar-refractivity contribution in [1.82, 2.24) is 29.9 Å². The smallest absolute Gasteiger partial charge is 0.133 e. The zero-order valence-corrected chi connectivity index (χ0v) is 21.5. The number of rotatable bonds is 11. The van der Waals surface area contributed by atoms with E-state index in [1.54, 1.807) is 12.3 Å². The van der Waals surface area contributed by atoms with Crippen LogP contribution in [0.4, 0.5) is 0 Å². The van der Waals surface area contributed by atoms with Crippen LogP contribution < -0.4 is 0 Å². The minimum Gasteiger partial charge on any atom is -0.347 e. The van der Waals surface area contributed by atoms with Gasteiger partial charge in [0.2, 0.25) is 0 Å². The fourth-order valence-electron chi connectivity index (χ4n) is 3.91. The molecule has 7 heteroatoms. The van der Waals surface area contributed by atoms with Crippen LogP contribution in [0.15, 0.2) is 67.9 Å². The number of nitrogens with zero attached hydrogens (tertiary/aromatic N) is 4. The average Bonchev–Trinajstić information content (AvgIpc) is 3.52. The molecule has 3 rings (SSSR count). The topological polar surface area (TPSA) is 75.2 Å². The number of allylic oxidation sites excluding steroid dienone is 5. The predicted molar refractivity (Wildman–Crippen MR) is 146 cm³/mol. The summed E-state index contributed by atoms with van der Waals surface area (Å²) in [4.78, 5) is 8.26. The zero-order chi connectivity index (χ0) is 24.3. The predicted octanol–water partition coefficient (Wildman–Crippen LogP) is 7.29. The summed E-state index contributed by atoms with van der Waals surface area (Å²) in [6.07, 6.45) is 23.9. The molecule has 0 spiro atoms. The molecule has 0 bridgehead atoms. The summed E-state index contributed by atoms with van der Waals surface area (Å²) in [5, 5.41) is 14.0. The van der Waals surface area contributed by atoms with Crippen molar-refractivity contribution in [3.05, 3.63) is 73.6 Å². The molecule has 0 saturated carbocycles. The Morgan fingerprint density at radius 3 is 2.79 bits per heavy atom. The van der Waals surface area contributed by atoms with Crippen molar-refractivity contribution >= 4 is 28.5 Å². The van der Waals surface area contributed by atoms with Crippen LogP contribution in [0.25, 0.3) is 27.9 Å². The van der Waals surface area contributed by atoms with Gasteiger partial charge >= 0.3 is 0 Å². The van der Waals surface area contributed by atoms with E-state index in [-0.39, 0.29) is 0 Å². The van der Waals surface area contributed by atoms with Gasteiger partial charge in [0.1, 0.15) is 5.65 Å². The summed E-state index contributed by atoms with van der Waals surface area (Å²) in [5.41, 5.74) is 4.78. The van der Waals surface area contributed by atoms with Crippen LogP contribution in [-0.2, 0) is 0 Å². The lowest BCUT2D eigenvalue weighted by molar-refractivity contribution is 0.601. The lowest BCUT2D eigenvalue weighted by Gasteiger charge is -2.15. The molecule has 6 nitrogen and oxygen atoms in total. The van der Waals surface area contributed by atoms with Gasteiger partial charge in [0, 0.05) is 40.4 Å². The summed E-state index contributed by atoms with van der Waals surface area (Å²) in [7, 11) is 0. The molecular weight excluding hydrogens is 440 g/mol. The van der Waals surface area contributed by atoms with E-state index in [4.69, 9.17) is 4.98 Å². The summed E-state index contributed by atoms with van der Waals surface area (Å²) >= 11 is 1.95. The first-order chi connectivity index (χ1) is 16.6. The van der Waals surface area contributed by atoms with Crippen molar-refractivity contribution in [3.8, 4) is 11.1 Å². The molecule has 180 valence electrons. The minimum absolute atomic E-state index is 0.319. The first-order valence-electron chi connectivity index (χ1n) is 11.9. The molecule has 2 atom stereocenters. The number of hydrogen-bond donors (Lipinski definition) is 2. The molecule has 2 N–H and O–H groups in total. The highest BCUT2D eigenvalue weighted by atomic mass is 32.2. The van der Waals surface area contributed by atoms with Gasteiger partial charge in [0.25, 0.3) is 0 Å². The fourth-order valence-corrected chi connectivity index (χ4v) is 4.62. The quantitative estimate of drug-likeness (QED) is 0.285. The van der Waals surface area contributed by atoms with E-state index in [1.807, 2.05) is 53.4 Å². The maximum absolute atomic E-state index is 5.00. The lowest BCUT2D eigenvalue weighted by atomic mass is 9.98. The maximum atomic E-state index is 5.00. The monoisotopic (exact) mass is 476 g/mol. The van der Waals surface area contributed by atoms with Crippen LogP contribution in [0, 0.1) is 0 Å². The van der Waals surface area contributed by atoms with Gasteiger partial charge in [0.05, 0.1) is 23.8 Å². The van der Waals surface area contributed by atoms with E-state index in [9.17, 15) is 0 Å². The Hall–Kier alpha value is -3.06. The van der Waals surface area contributed by atoms with Gasteiger partial charge in [-0.1, -0.05) is 45.6 Å². The van der Waals surface area contributed by atoms with Crippen molar-refractivity contribution in [2.75, 3.05) is 6.26 Å². The number of fused-ring (bicyclic) bond motifs is 1. The lowest BCUT2D eigenvalue weighted by Crippen LogP contribution is -2.04. The van der Waals surface area contributed by atoms with E-state index in [1.165, 1.54) is 12.8 Å². The van der Waals surface area contributed by atoms with Gasteiger partial charge in [-0.15, -0.1) is 0 Å². The summed E-state index contributed by atoms with van der Waals surface area (Å²) in [6.45, 7) is 10.4. The summed E-state index contributed by atoms with van der Waals surface area (Å²) in [5.74, 6) is 0.319. The summed E-state index contributed by atoms with van der Waals surface area (Å²) in [6, 6.07) is 2.07. The van der Waals surface area contributed by atoms with Crippen LogP contribution >= 0.6 is 11.8 Å². The third kappa shape index (κ3) is 6.50. The second-order valence-electron chi connectivity index (χ2n) is 8.29. The maximum Gasteiger partial charge on any atom is 0.133 e. The molecule has 34 heavy (non-hydrogen) atoms. The Kier molecular flexibility index (Phi) is 9.76. The second kappa shape index (κ2) is 13.0. The molecule has 0 saturated heterocycles. The highest BCUT2D eigenvalue weighted by molar-refractivity contribution is 7.99. The van der Waals surface area contributed by atoms with Crippen LogP contribution in [-0.4, -0.2) is 41.5 Å². The molecule has 3 aromatic heterocycles. The number of H-pyrrole nitrogens is 2. The first kappa shape index (κ1) is 25.6. The number of hydrogen-bond acceptors (Lipinski definition) is 4. The van der Waals surface area contributed by atoms with E-state index < -0.39 is 0 Å². The Morgan fingerprint density at radius 1 is 1.21 bits per heavy atom. The Bertz CT molecular complexity index is 1180. The van der Waals surface area contributed by atoms with Crippen LogP contribution in [0.5, 0.6) is 0 Å². The largest absolute Gasteiger partial charge is 0.347 e. The average molecular weight is 477 g/mol. The van der Waals surface area contributed by atoms with Gasteiger partial charge in [-0.2, -0.15) is 22.0 Å². The molecule has 0 aliphatic rings. The van der Waals surface area contributed by atoms with Crippen molar-refractivity contribution in [3.63, 3.8) is 0 Å². The highest BCUT2D eigenvalue weighted by Crippen LogP contribution is 2.28. The molecule has 0 radical (unpaired) electrons. The van der Waals surface area contributed by atoms with Gasteiger partial charge in [-0.3, -0.25) is 10.1 Å². The molecule has 0 aliphatic carbocycles. The van der Waals surface area contributed by atoms with Crippen molar-refractivity contribution in [1.29, 1.82) is 0 Å². The normalized spacial score (nSPS) is 13.8. The van der Waals surface area contributed by atoms with Crippen molar-refractivity contribution in [2.45, 2.75) is 57.6 Å². The Labute approximate surface area is 207 Å². The van der Waals surface area contributed by atoms with Crippen LogP contribution in [0.3, 0.4) is 0 Å². The van der Waals surface area contributed by atoms with E-state index in [0.717, 1.165) is 46.4 Å². The van der Waals surface area contributed by atoms with E-state index >= 15 is 0 Å². The molecule has 0 aliphatic heterocycles. The first-order valence-corrected chi connectivity index (χ1v) is 13.2. The van der Waals surface area contributed by atoms with Crippen LogP contribution in [0.2, 0.25) is 0 Å². The number of aromatic amines is 2. The molecule has 0 amide bonds. The number of aromatic nitrogens is 6. The minimum atomic E-state index is 0.319. The van der Waals surface area contributed by atoms with Crippen molar-refractivity contribution < 1.29 is 0 Å². The highest BCUT2D eigenvalue weighted by Gasteiger charge is 2.14. The van der Waals surface area contributed by atoms with Gasteiger partial charge < -0.3 is 4.98 Å². The SMILES string of the molecule is C=C/C=C\C(=C/CC)n1cc(-c2cn[nH]c3[nH]ccc3c(C(C)CCC(CC)SC)nc2)cn1. The zero-order valence-electron chi connectivity index (χ0n) is 20.7. The van der Waals surface area contributed by atoms with Crippen LogP contribution in [0.1, 0.15) is 58.1 Å². The number of thioether (sulfide) groups is 1. The van der Waals surface area contributed by atoms with Gasteiger partial charge in [-0.25, -0.2) is 4.68 Å². The molecule has 3 aromatic rings. The van der Waals surface area contributed by atoms with Crippen molar-refractivity contribution in [2.24, 2.45) is 0 Å². The second-order valence-corrected chi connectivity index (χ2v) is 9.42. The molecular formula is C27H36N6S. The van der Waals surface area contributed by atoms with Gasteiger partial charge in [0.15, 0.2) is 0 Å². The standard InChI is InChI=1S/C27H36N6S/c1-6-9-11-23(10-7-2)33-19-22(18-31-33)21-16-29-26(20(4)12-13-24(8-3)34-5)25-14-15-28-27(25)32-30-17-21/h6,9-11,14-20,24,28,32H,1,7-8,12-13H2,2-5H3/b11-9-,21-16?,23-10+,29-26?,30-17?.